The van der Waals surface area contributed by atoms with E-state index < -0.39 is 0 Å². The van der Waals surface area contributed by atoms with Gasteiger partial charge in [0.15, 0.2) is 0 Å². The molecule has 0 bridgehead atoms. The quantitative estimate of drug-likeness (QED) is 0.809. The van der Waals surface area contributed by atoms with Crippen LogP contribution in [0.4, 0.5) is 0 Å². The van der Waals surface area contributed by atoms with Crippen LogP contribution in [0.5, 0.6) is 0 Å². The highest BCUT2D eigenvalue weighted by Crippen LogP contribution is 2.20. The van der Waals surface area contributed by atoms with Crippen LogP contribution >= 0.6 is 0 Å². The third-order valence-electron chi connectivity index (χ3n) is 2.81. The van der Waals surface area contributed by atoms with E-state index in [4.69, 9.17) is 5.73 Å². The van der Waals surface area contributed by atoms with Gasteiger partial charge in [0.25, 0.3) is 0 Å². The Morgan fingerprint density at radius 3 is 2.80 bits per heavy atom. The van der Waals surface area contributed by atoms with Crippen molar-refractivity contribution in [2.45, 2.75) is 19.8 Å². The van der Waals surface area contributed by atoms with Crippen LogP contribution in [0.2, 0.25) is 0 Å². The summed E-state index contributed by atoms with van der Waals surface area (Å²) in [5.41, 5.74) is 8.00. The molecule has 1 unspecified atom stereocenters. The summed E-state index contributed by atoms with van der Waals surface area (Å²) in [4.78, 5) is 4.30. The molecule has 0 saturated carbocycles. The third kappa shape index (κ3) is 2.00. The van der Waals surface area contributed by atoms with Crippen molar-refractivity contribution in [2.75, 3.05) is 6.54 Å². The van der Waals surface area contributed by atoms with Crippen LogP contribution in [0.15, 0.2) is 30.5 Å². The van der Waals surface area contributed by atoms with Gasteiger partial charge in [-0.2, -0.15) is 0 Å². The van der Waals surface area contributed by atoms with Crippen molar-refractivity contribution in [3.63, 3.8) is 0 Å². The number of fused-ring (bicyclic) bond motifs is 1. The van der Waals surface area contributed by atoms with Crippen LogP contribution in [0.25, 0.3) is 10.8 Å². The van der Waals surface area contributed by atoms with Gasteiger partial charge in [-0.05, 0) is 42.5 Å². The molecule has 2 rings (SSSR count). The zero-order chi connectivity index (χ0) is 10.8. The predicted molar refractivity (Wildman–Crippen MR) is 63.9 cm³/mol. The van der Waals surface area contributed by atoms with Crippen LogP contribution < -0.4 is 5.73 Å². The van der Waals surface area contributed by atoms with E-state index in [1.54, 1.807) is 0 Å². The lowest BCUT2D eigenvalue weighted by molar-refractivity contribution is 0.775. The predicted octanol–water partition coefficient (Wildman–Crippen LogP) is 2.61. The average molecular weight is 200 g/mol. The van der Waals surface area contributed by atoms with Crippen molar-refractivity contribution in [1.29, 1.82) is 0 Å². The fraction of sp³-hybridized carbons (Fsp3) is 0.308. The van der Waals surface area contributed by atoms with E-state index >= 15 is 0 Å². The van der Waals surface area contributed by atoms with E-state index in [0.717, 1.165) is 5.69 Å². The molecule has 78 valence electrons. The average Bonchev–Trinajstić information content (AvgIpc) is 2.27. The summed E-state index contributed by atoms with van der Waals surface area (Å²) < 4.78 is 0. The first-order valence-electron chi connectivity index (χ1n) is 5.27. The fourth-order valence-electron chi connectivity index (χ4n) is 1.71. The van der Waals surface area contributed by atoms with Crippen molar-refractivity contribution < 1.29 is 0 Å². The number of nitrogens with two attached hydrogens (primary N) is 1. The Labute approximate surface area is 90.1 Å². The maximum Gasteiger partial charge on any atom is 0.0379 e. The molecule has 1 atom stereocenters. The zero-order valence-corrected chi connectivity index (χ0v) is 9.20. The first kappa shape index (κ1) is 10.1. The van der Waals surface area contributed by atoms with Gasteiger partial charge in [-0.3, -0.25) is 4.98 Å². The molecule has 0 aliphatic heterocycles. The van der Waals surface area contributed by atoms with Gasteiger partial charge >= 0.3 is 0 Å². The van der Waals surface area contributed by atoms with E-state index in [0.29, 0.717) is 12.5 Å². The number of hydrogen-bond donors (Lipinski definition) is 1. The van der Waals surface area contributed by atoms with Crippen LogP contribution in [-0.2, 0) is 0 Å². The number of rotatable bonds is 2. The van der Waals surface area contributed by atoms with Crippen LogP contribution in [0, 0.1) is 6.92 Å². The van der Waals surface area contributed by atoms with E-state index in [1.165, 1.54) is 16.3 Å². The molecular formula is C13H16N2. The minimum Gasteiger partial charge on any atom is -0.330 e. The van der Waals surface area contributed by atoms with E-state index in [-0.39, 0.29) is 0 Å². The zero-order valence-electron chi connectivity index (χ0n) is 9.20. The maximum absolute atomic E-state index is 5.66. The third-order valence-corrected chi connectivity index (χ3v) is 2.81. The summed E-state index contributed by atoms with van der Waals surface area (Å²) >= 11 is 0. The van der Waals surface area contributed by atoms with Gasteiger partial charge < -0.3 is 5.73 Å². The number of benzene rings is 1. The molecule has 0 aliphatic carbocycles. The number of aryl methyl sites for hydroxylation is 1. The summed E-state index contributed by atoms with van der Waals surface area (Å²) in [5.74, 6) is 0.413. The van der Waals surface area contributed by atoms with Crippen LogP contribution in [0.3, 0.4) is 0 Å². The maximum atomic E-state index is 5.66. The Hall–Kier alpha value is -1.41. The molecule has 2 N–H and O–H groups in total. The molecule has 2 aromatic rings. The summed E-state index contributed by atoms with van der Waals surface area (Å²) in [7, 11) is 0. The molecule has 1 aromatic heterocycles. The SMILES string of the molecule is Cc1cc2ccc(C(C)CN)cc2cn1. The summed E-state index contributed by atoms with van der Waals surface area (Å²) in [5, 5.41) is 2.44. The smallest absolute Gasteiger partial charge is 0.0379 e. The van der Waals surface area contributed by atoms with Gasteiger partial charge in [-0.1, -0.05) is 19.1 Å². The number of nitrogens with zero attached hydrogens (tertiary/aromatic N) is 1. The van der Waals surface area contributed by atoms with E-state index in [2.05, 4.69) is 36.2 Å². The normalized spacial score (nSPS) is 13.0. The minimum absolute atomic E-state index is 0.413. The lowest BCUT2D eigenvalue weighted by Gasteiger charge is -2.09. The molecule has 0 radical (unpaired) electrons. The molecule has 1 heterocycles. The molecule has 2 heteroatoms. The highest BCUT2D eigenvalue weighted by atomic mass is 14.7. The second-order valence-electron chi connectivity index (χ2n) is 4.07. The van der Waals surface area contributed by atoms with Gasteiger partial charge in [-0.25, -0.2) is 0 Å². The Morgan fingerprint density at radius 2 is 2.07 bits per heavy atom. The molecule has 0 saturated heterocycles. The minimum atomic E-state index is 0.413. The van der Waals surface area contributed by atoms with Crippen molar-refractivity contribution >= 4 is 10.8 Å². The highest BCUT2D eigenvalue weighted by Gasteiger charge is 2.04. The van der Waals surface area contributed by atoms with Crippen LogP contribution in [-0.4, -0.2) is 11.5 Å². The van der Waals surface area contributed by atoms with Crippen molar-refractivity contribution in [3.8, 4) is 0 Å². The lowest BCUT2D eigenvalue weighted by Crippen LogP contribution is -2.08. The van der Waals surface area contributed by atoms with Crippen molar-refractivity contribution in [1.82, 2.24) is 4.98 Å². The second-order valence-corrected chi connectivity index (χ2v) is 4.07. The first-order chi connectivity index (χ1) is 7.20. The highest BCUT2D eigenvalue weighted by molar-refractivity contribution is 5.82. The number of pyridine rings is 1. The number of aromatic nitrogens is 1. The first-order valence-corrected chi connectivity index (χ1v) is 5.27. The van der Waals surface area contributed by atoms with E-state index in [9.17, 15) is 0 Å². The number of hydrogen-bond acceptors (Lipinski definition) is 2. The van der Waals surface area contributed by atoms with Crippen molar-refractivity contribution in [2.24, 2.45) is 5.73 Å². The van der Waals surface area contributed by atoms with Crippen LogP contribution in [0.1, 0.15) is 24.1 Å². The molecule has 0 amide bonds. The summed E-state index contributed by atoms with van der Waals surface area (Å²) in [6, 6.07) is 8.58. The molecule has 0 aliphatic rings. The molecular weight excluding hydrogens is 184 g/mol. The van der Waals surface area contributed by atoms with Gasteiger partial charge in [0.2, 0.25) is 0 Å². The molecule has 1 aromatic carbocycles. The Balaban J connectivity index is 2.52. The Bertz CT molecular complexity index is 477. The van der Waals surface area contributed by atoms with Gasteiger partial charge in [0.1, 0.15) is 0 Å². The van der Waals surface area contributed by atoms with Gasteiger partial charge in [0.05, 0.1) is 0 Å². The molecule has 2 nitrogen and oxygen atoms in total. The summed E-state index contributed by atoms with van der Waals surface area (Å²) in [6.07, 6.45) is 1.93. The molecule has 15 heavy (non-hydrogen) atoms. The fourth-order valence-corrected chi connectivity index (χ4v) is 1.71. The van der Waals surface area contributed by atoms with E-state index in [1.807, 2.05) is 13.1 Å². The standard InChI is InChI=1S/C13H16N2/c1-9(7-14)11-3-4-12-5-10(2)15-8-13(12)6-11/h3-6,8-9H,7,14H2,1-2H3. The summed E-state index contributed by atoms with van der Waals surface area (Å²) in [6.45, 7) is 4.84. The Morgan fingerprint density at radius 1 is 1.27 bits per heavy atom. The monoisotopic (exact) mass is 200 g/mol. The van der Waals surface area contributed by atoms with Crippen molar-refractivity contribution in [3.05, 3.63) is 41.7 Å². The van der Waals surface area contributed by atoms with Gasteiger partial charge in [-0.15, -0.1) is 0 Å². The Kier molecular flexibility index (Phi) is 2.69. The lowest BCUT2D eigenvalue weighted by atomic mass is 9.98. The van der Waals surface area contributed by atoms with Gasteiger partial charge in [0, 0.05) is 17.3 Å². The molecule has 0 spiro atoms. The largest absolute Gasteiger partial charge is 0.330 e. The topological polar surface area (TPSA) is 38.9 Å². The molecule has 0 fully saturated rings. The second kappa shape index (κ2) is 3.99.